The molecule has 3 heterocycles. The number of anilines is 6. The molecule has 0 fully saturated rings. The van der Waals surface area contributed by atoms with Crippen LogP contribution >= 0.6 is 11.3 Å². The molecule has 10 rings (SSSR count). The Morgan fingerprint density at radius 1 is 0.449 bits per heavy atom. The number of benzene rings is 7. The first-order valence-electron chi connectivity index (χ1n) is 16.9. The highest BCUT2D eigenvalue weighted by atomic mass is 32.1. The van der Waals surface area contributed by atoms with E-state index in [2.05, 4.69) is 192 Å². The van der Waals surface area contributed by atoms with Crippen LogP contribution in [0.2, 0.25) is 0 Å². The van der Waals surface area contributed by atoms with Gasteiger partial charge >= 0.3 is 0 Å². The topological polar surface area (TPSA) is 6.48 Å². The molecule has 1 aromatic heterocycles. The Balaban J connectivity index is 1.21. The van der Waals surface area contributed by atoms with Gasteiger partial charge in [-0.15, -0.1) is 11.3 Å². The van der Waals surface area contributed by atoms with Gasteiger partial charge in [0.15, 0.2) is 0 Å². The second-order valence-electron chi connectivity index (χ2n) is 12.9. The van der Waals surface area contributed by atoms with Crippen LogP contribution in [0.15, 0.2) is 182 Å². The van der Waals surface area contributed by atoms with Crippen molar-refractivity contribution < 1.29 is 0 Å². The first-order chi connectivity index (χ1) is 24.3. The molecule has 0 N–H and O–H groups in total. The van der Waals surface area contributed by atoms with Crippen molar-refractivity contribution >= 4 is 78.0 Å². The van der Waals surface area contributed by atoms with E-state index in [1.54, 1.807) is 0 Å². The number of rotatable bonds is 5. The lowest BCUT2D eigenvalue weighted by Gasteiger charge is -2.43. The fraction of sp³-hybridized carbons (Fsp3) is 0.0222. The highest BCUT2D eigenvalue weighted by molar-refractivity contribution is 7.33. The quantitative estimate of drug-likeness (QED) is 0.136. The minimum absolute atomic E-state index is 0.120. The summed E-state index contributed by atoms with van der Waals surface area (Å²) in [5, 5.41) is 1.31. The molecule has 0 radical (unpaired) electrons. The molecule has 0 saturated heterocycles. The van der Waals surface area contributed by atoms with Gasteiger partial charge in [0, 0.05) is 49.2 Å². The highest BCUT2D eigenvalue weighted by Gasteiger charge is 2.44. The van der Waals surface area contributed by atoms with Crippen molar-refractivity contribution in [3.05, 3.63) is 199 Å². The van der Waals surface area contributed by atoms with Crippen molar-refractivity contribution in [2.24, 2.45) is 0 Å². The summed E-state index contributed by atoms with van der Waals surface area (Å²) in [6, 6.07) is 66.7. The van der Waals surface area contributed by atoms with Gasteiger partial charge in [-0.25, -0.2) is 0 Å². The molecule has 8 aromatic rings. The van der Waals surface area contributed by atoms with Crippen LogP contribution in [0, 0.1) is 0 Å². The Bertz CT molecular complexity index is 2430. The standard InChI is InChI=1S/C45H31BN2S/c1-4-16-31(17-5-1)42(32-18-6-2-7-19-32)33-20-14-23-35(30-33)47-38-26-12-11-25-37(38)46-43-39(47)27-15-28-40(43)48(34-21-8-3-9-22-34)44-36-24-10-13-29-41(36)49-45(44)46/h1-30,42H. The molecule has 230 valence electrons. The maximum atomic E-state index is 2.51. The summed E-state index contributed by atoms with van der Waals surface area (Å²) in [4.78, 5) is 5.01. The molecule has 0 spiro atoms. The first-order valence-corrected chi connectivity index (χ1v) is 17.8. The molecule has 2 aliphatic heterocycles. The SMILES string of the molecule is c1ccc(C(c2ccccc2)c2cccc(N3c4ccccc4B4c5sc6ccccc6c5N(c5ccccc5)c5cccc3c54)c2)cc1. The monoisotopic (exact) mass is 642 g/mol. The third-order valence-corrected chi connectivity index (χ3v) is 11.4. The van der Waals surface area contributed by atoms with Gasteiger partial charge in [-0.05, 0) is 76.1 Å². The summed E-state index contributed by atoms with van der Waals surface area (Å²) >= 11 is 1.94. The predicted molar refractivity (Wildman–Crippen MR) is 210 cm³/mol. The fourth-order valence-corrected chi connectivity index (χ4v) is 9.47. The Hall–Kier alpha value is -5.84. The van der Waals surface area contributed by atoms with Crippen LogP contribution in [0.3, 0.4) is 0 Å². The summed E-state index contributed by atoms with van der Waals surface area (Å²) in [7, 11) is 0. The van der Waals surface area contributed by atoms with Crippen LogP contribution in [-0.2, 0) is 0 Å². The van der Waals surface area contributed by atoms with Gasteiger partial charge in [0.25, 0.3) is 6.71 Å². The van der Waals surface area contributed by atoms with Crippen molar-refractivity contribution in [1.29, 1.82) is 0 Å². The van der Waals surface area contributed by atoms with Gasteiger partial charge in [0.2, 0.25) is 0 Å². The van der Waals surface area contributed by atoms with Crippen molar-refractivity contribution in [3.8, 4) is 0 Å². The fourth-order valence-electron chi connectivity index (χ4n) is 8.15. The van der Waals surface area contributed by atoms with Crippen LogP contribution in [0.1, 0.15) is 22.6 Å². The maximum Gasteiger partial charge on any atom is 0.264 e. The number of thiophene rings is 1. The van der Waals surface area contributed by atoms with E-state index in [0.29, 0.717) is 0 Å². The van der Waals surface area contributed by atoms with E-state index < -0.39 is 0 Å². The van der Waals surface area contributed by atoms with Crippen LogP contribution in [-0.4, -0.2) is 6.71 Å². The molecule has 49 heavy (non-hydrogen) atoms. The molecule has 0 unspecified atom stereocenters. The van der Waals surface area contributed by atoms with Gasteiger partial charge in [-0.1, -0.05) is 133 Å². The van der Waals surface area contributed by atoms with E-state index in [4.69, 9.17) is 0 Å². The van der Waals surface area contributed by atoms with Gasteiger partial charge in [-0.3, -0.25) is 0 Å². The number of fused-ring (bicyclic) bond motifs is 6. The lowest BCUT2D eigenvalue weighted by molar-refractivity contribution is 0.976. The normalized spacial score (nSPS) is 13.0. The number of nitrogens with zero attached hydrogens (tertiary/aromatic N) is 2. The van der Waals surface area contributed by atoms with Gasteiger partial charge in [0.05, 0.1) is 5.69 Å². The van der Waals surface area contributed by atoms with Crippen LogP contribution in [0.25, 0.3) is 10.1 Å². The average Bonchev–Trinajstić information content (AvgIpc) is 3.55. The van der Waals surface area contributed by atoms with Gasteiger partial charge < -0.3 is 9.80 Å². The van der Waals surface area contributed by atoms with E-state index in [-0.39, 0.29) is 12.6 Å². The number of hydrogen-bond donors (Lipinski definition) is 0. The highest BCUT2D eigenvalue weighted by Crippen LogP contribution is 2.47. The molecule has 2 nitrogen and oxygen atoms in total. The third kappa shape index (κ3) is 4.41. The minimum Gasteiger partial charge on any atom is -0.311 e. The smallest absolute Gasteiger partial charge is 0.264 e. The molecule has 0 atom stereocenters. The Kier molecular flexibility index (Phi) is 6.56. The largest absolute Gasteiger partial charge is 0.311 e. The Labute approximate surface area is 291 Å². The zero-order valence-corrected chi connectivity index (χ0v) is 27.6. The average molecular weight is 643 g/mol. The lowest BCUT2D eigenvalue weighted by Crippen LogP contribution is -2.60. The molecule has 0 amide bonds. The predicted octanol–water partition coefficient (Wildman–Crippen LogP) is 10.2. The van der Waals surface area contributed by atoms with Gasteiger partial charge in [-0.2, -0.15) is 0 Å². The summed E-state index contributed by atoms with van der Waals surface area (Å²) in [6.45, 7) is 0.135. The van der Waals surface area contributed by atoms with E-state index in [0.717, 1.165) is 0 Å². The molecular formula is C45H31BN2S. The van der Waals surface area contributed by atoms with Crippen molar-refractivity contribution in [2.75, 3.05) is 9.80 Å². The van der Waals surface area contributed by atoms with Gasteiger partial charge in [0.1, 0.15) is 0 Å². The summed E-state index contributed by atoms with van der Waals surface area (Å²) in [5.41, 5.74) is 13.9. The van der Waals surface area contributed by atoms with E-state index in [9.17, 15) is 0 Å². The lowest BCUT2D eigenvalue weighted by atomic mass is 9.36. The molecule has 4 heteroatoms. The molecule has 0 saturated carbocycles. The third-order valence-electron chi connectivity index (χ3n) is 10.1. The van der Waals surface area contributed by atoms with Crippen molar-refractivity contribution in [3.63, 3.8) is 0 Å². The summed E-state index contributed by atoms with van der Waals surface area (Å²) < 4.78 is 2.72. The van der Waals surface area contributed by atoms with Crippen LogP contribution in [0.4, 0.5) is 34.1 Å². The van der Waals surface area contributed by atoms with Crippen molar-refractivity contribution in [2.45, 2.75) is 5.92 Å². The molecule has 7 aromatic carbocycles. The van der Waals surface area contributed by atoms with E-state index >= 15 is 0 Å². The zero-order chi connectivity index (χ0) is 32.3. The Morgan fingerprint density at radius 3 is 1.76 bits per heavy atom. The molecule has 0 bridgehead atoms. The molecular weight excluding hydrogens is 611 g/mol. The van der Waals surface area contributed by atoms with Crippen molar-refractivity contribution in [1.82, 2.24) is 0 Å². The second-order valence-corrected chi connectivity index (χ2v) is 14.0. The zero-order valence-electron chi connectivity index (χ0n) is 26.8. The molecule has 2 aliphatic rings. The minimum atomic E-state index is 0.120. The number of hydrogen-bond acceptors (Lipinski definition) is 3. The van der Waals surface area contributed by atoms with E-state index in [1.807, 2.05) is 11.3 Å². The summed E-state index contributed by atoms with van der Waals surface area (Å²) in [6.07, 6.45) is 0. The maximum absolute atomic E-state index is 2.51. The van der Waals surface area contributed by atoms with Crippen LogP contribution < -0.4 is 25.5 Å². The summed E-state index contributed by atoms with van der Waals surface area (Å²) in [5.74, 6) is 0.120. The second kappa shape index (κ2) is 11.4. The molecule has 0 aliphatic carbocycles. The number of para-hydroxylation sites is 2. The first kappa shape index (κ1) is 28.2. The Morgan fingerprint density at radius 2 is 1.00 bits per heavy atom. The van der Waals surface area contributed by atoms with E-state index in [1.165, 1.54) is 76.6 Å². The van der Waals surface area contributed by atoms with Crippen LogP contribution in [0.5, 0.6) is 0 Å².